The minimum Gasteiger partial charge on any atom is -0.389 e. The molecule has 16 heavy (non-hydrogen) atoms. The Bertz CT molecular complexity index is 370. The smallest absolute Gasteiger partial charge is 0.151 e. The number of benzene rings is 1. The fourth-order valence-corrected chi connectivity index (χ4v) is 1.60. The molecule has 0 saturated carbocycles. The third-order valence-corrected chi connectivity index (χ3v) is 2.60. The molecule has 0 heterocycles. The van der Waals surface area contributed by atoms with Crippen molar-refractivity contribution in [2.75, 3.05) is 13.6 Å². The van der Waals surface area contributed by atoms with E-state index in [4.69, 9.17) is 11.6 Å². The molecule has 0 amide bonds. The highest BCUT2D eigenvalue weighted by Crippen LogP contribution is 2.22. The van der Waals surface area contributed by atoms with Crippen LogP contribution in [0.4, 0.5) is 0 Å². The van der Waals surface area contributed by atoms with E-state index in [1.54, 1.807) is 13.1 Å². The van der Waals surface area contributed by atoms with E-state index in [0.29, 0.717) is 17.4 Å². The molecule has 0 spiro atoms. The van der Waals surface area contributed by atoms with Gasteiger partial charge in [0.25, 0.3) is 0 Å². The van der Waals surface area contributed by atoms with Crippen LogP contribution in [0.25, 0.3) is 0 Å². The maximum Gasteiger partial charge on any atom is 0.151 e. The van der Waals surface area contributed by atoms with Gasteiger partial charge in [-0.05, 0) is 24.7 Å². The van der Waals surface area contributed by atoms with Crippen LogP contribution in [0.15, 0.2) is 18.2 Å². The van der Waals surface area contributed by atoms with E-state index < -0.39 is 12.2 Å². The summed E-state index contributed by atoms with van der Waals surface area (Å²) >= 11 is 5.82. The monoisotopic (exact) mass is 243 g/mol. The highest BCUT2D eigenvalue weighted by molar-refractivity contribution is 6.33. The van der Waals surface area contributed by atoms with Crippen LogP contribution in [-0.2, 0) is 0 Å². The van der Waals surface area contributed by atoms with Crippen LogP contribution in [0.3, 0.4) is 0 Å². The van der Waals surface area contributed by atoms with Gasteiger partial charge in [0, 0.05) is 12.1 Å². The first kappa shape index (κ1) is 13.1. The maximum atomic E-state index is 10.5. The quantitative estimate of drug-likeness (QED) is 0.668. The third kappa shape index (κ3) is 3.02. The van der Waals surface area contributed by atoms with Gasteiger partial charge < -0.3 is 15.5 Å². The number of carbonyl (C=O) groups is 1. The number of nitrogens with one attached hydrogen (secondary N) is 1. The molecule has 0 saturated heterocycles. The van der Waals surface area contributed by atoms with Crippen molar-refractivity contribution in [3.8, 4) is 0 Å². The van der Waals surface area contributed by atoms with Gasteiger partial charge >= 0.3 is 0 Å². The summed E-state index contributed by atoms with van der Waals surface area (Å²) in [6.07, 6.45) is -1.29. The third-order valence-electron chi connectivity index (χ3n) is 2.27. The molecular weight excluding hydrogens is 230 g/mol. The van der Waals surface area contributed by atoms with Crippen molar-refractivity contribution in [1.29, 1.82) is 0 Å². The molecule has 0 fully saturated rings. The molecule has 1 rings (SSSR count). The molecular formula is C11H14ClNO3. The van der Waals surface area contributed by atoms with Crippen LogP contribution in [0.5, 0.6) is 0 Å². The molecule has 2 atom stereocenters. The van der Waals surface area contributed by atoms with Gasteiger partial charge in [0.15, 0.2) is 6.29 Å². The first-order valence-corrected chi connectivity index (χ1v) is 5.23. The van der Waals surface area contributed by atoms with E-state index in [1.165, 1.54) is 12.1 Å². The van der Waals surface area contributed by atoms with Crippen LogP contribution in [0, 0.1) is 0 Å². The lowest BCUT2D eigenvalue weighted by atomic mass is 10.0. The van der Waals surface area contributed by atoms with E-state index in [-0.39, 0.29) is 11.6 Å². The van der Waals surface area contributed by atoms with Crippen molar-refractivity contribution in [3.05, 3.63) is 34.3 Å². The van der Waals surface area contributed by atoms with Gasteiger partial charge in [0.1, 0.15) is 6.10 Å². The first-order valence-electron chi connectivity index (χ1n) is 4.85. The van der Waals surface area contributed by atoms with Crippen molar-refractivity contribution in [2.24, 2.45) is 0 Å². The summed E-state index contributed by atoms with van der Waals surface area (Å²) in [6, 6.07) is 4.56. The summed E-state index contributed by atoms with van der Waals surface area (Å²) in [7, 11) is 1.68. The van der Waals surface area contributed by atoms with Crippen molar-refractivity contribution in [2.45, 2.75) is 12.2 Å². The molecule has 1 aromatic rings. The maximum absolute atomic E-state index is 10.5. The second-order valence-electron chi connectivity index (χ2n) is 3.47. The molecule has 5 heteroatoms. The summed E-state index contributed by atoms with van der Waals surface area (Å²) in [5.74, 6) is 0. The molecule has 4 nitrogen and oxygen atoms in total. The topological polar surface area (TPSA) is 69.6 Å². The minimum absolute atomic E-state index is 0.267. The fraction of sp³-hybridized carbons (Fsp3) is 0.364. The summed E-state index contributed by atoms with van der Waals surface area (Å²) in [5, 5.41) is 22.4. The standard InChI is InChI=1S/C11H14ClNO3/c1-13-5-10(15)11(16)7-2-3-8(6-14)9(12)4-7/h2-4,6,10-11,13,15-16H,5H2,1H3. The predicted octanol–water partition coefficient (Wildman–Crippen LogP) is 0.766. The molecule has 0 aromatic heterocycles. The van der Waals surface area contributed by atoms with Crippen LogP contribution in [0.2, 0.25) is 5.02 Å². The number of aliphatic hydroxyl groups is 2. The highest BCUT2D eigenvalue weighted by Gasteiger charge is 2.18. The van der Waals surface area contributed by atoms with Gasteiger partial charge in [-0.25, -0.2) is 0 Å². The number of halogens is 1. The normalized spacial score (nSPS) is 14.5. The Morgan fingerprint density at radius 2 is 2.19 bits per heavy atom. The zero-order valence-electron chi connectivity index (χ0n) is 8.85. The molecule has 0 aliphatic rings. The Morgan fingerprint density at radius 3 is 2.69 bits per heavy atom. The van der Waals surface area contributed by atoms with E-state index in [9.17, 15) is 15.0 Å². The number of rotatable bonds is 5. The Morgan fingerprint density at radius 1 is 1.50 bits per heavy atom. The second-order valence-corrected chi connectivity index (χ2v) is 3.88. The average molecular weight is 244 g/mol. The van der Waals surface area contributed by atoms with Crippen molar-refractivity contribution in [1.82, 2.24) is 5.32 Å². The number of hydrogen-bond acceptors (Lipinski definition) is 4. The zero-order valence-corrected chi connectivity index (χ0v) is 9.61. The molecule has 0 aliphatic heterocycles. The van der Waals surface area contributed by atoms with Crippen LogP contribution < -0.4 is 5.32 Å². The Kier molecular flexibility index (Phi) is 4.89. The van der Waals surface area contributed by atoms with Gasteiger partial charge in [-0.2, -0.15) is 0 Å². The van der Waals surface area contributed by atoms with Gasteiger partial charge in [-0.15, -0.1) is 0 Å². The summed E-state index contributed by atoms with van der Waals surface area (Å²) in [4.78, 5) is 10.5. The summed E-state index contributed by atoms with van der Waals surface area (Å²) < 4.78 is 0. The van der Waals surface area contributed by atoms with Gasteiger partial charge in [0.05, 0.1) is 11.1 Å². The van der Waals surface area contributed by atoms with E-state index in [1.807, 2.05) is 0 Å². The van der Waals surface area contributed by atoms with Gasteiger partial charge in [0.2, 0.25) is 0 Å². The molecule has 0 aliphatic carbocycles. The Balaban J connectivity index is 2.88. The molecule has 1 aromatic carbocycles. The molecule has 88 valence electrons. The number of hydrogen-bond donors (Lipinski definition) is 3. The van der Waals surface area contributed by atoms with Crippen LogP contribution in [-0.4, -0.2) is 36.2 Å². The summed E-state index contributed by atoms with van der Waals surface area (Å²) in [6.45, 7) is 0.272. The van der Waals surface area contributed by atoms with Crippen molar-refractivity contribution < 1.29 is 15.0 Å². The van der Waals surface area contributed by atoms with Crippen molar-refractivity contribution in [3.63, 3.8) is 0 Å². The minimum atomic E-state index is -1.02. The van der Waals surface area contributed by atoms with E-state index >= 15 is 0 Å². The lowest BCUT2D eigenvalue weighted by molar-refractivity contribution is 0.0202. The number of carbonyl (C=O) groups excluding carboxylic acids is 1. The largest absolute Gasteiger partial charge is 0.389 e. The first-order chi connectivity index (χ1) is 7.60. The number of likely N-dealkylation sites (N-methyl/N-ethyl adjacent to an activating group) is 1. The average Bonchev–Trinajstić information content (AvgIpc) is 2.28. The van der Waals surface area contributed by atoms with Crippen LogP contribution >= 0.6 is 11.6 Å². The lowest BCUT2D eigenvalue weighted by Crippen LogP contribution is -2.29. The van der Waals surface area contributed by atoms with E-state index in [0.717, 1.165) is 0 Å². The lowest BCUT2D eigenvalue weighted by Gasteiger charge is -2.18. The predicted molar refractivity (Wildman–Crippen MR) is 61.7 cm³/mol. The van der Waals surface area contributed by atoms with Gasteiger partial charge in [-0.3, -0.25) is 4.79 Å². The SMILES string of the molecule is CNCC(O)C(O)c1ccc(C=O)c(Cl)c1. The highest BCUT2D eigenvalue weighted by atomic mass is 35.5. The number of aliphatic hydroxyl groups excluding tert-OH is 2. The molecule has 2 unspecified atom stereocenters. The zero-order chi connectivity index (χ0) is 12.1. The fourth-order valence-electron chi connectivity index (χ4n) is 1.37. The number of aldehydes is 1. The summed E-state index contributed by atoms with van der Waals surface area (Å²) in [5.41, 5.74) is 0.846. The molecule has 3 N–H and O–H groups in total. The molecule has 0 bridgehead atoms. The van der Waals surface area contributed by atoms with Crippen LogP contribution in [0.1, 0.15) is 22.0 Å². The second kappa shape index (κ2) is 5.96. The van der Waals surface area contributed by atoms with E-state index in [2.05, 4.69) is 5.32 Å². The Labute approximate surface area is 98.9 Å². The Hall–Kier alpha value is -0.940. The van der Waals surface area contributed by atoms with Crippen molar-refractivity contribution >= 4 is 17.9 Å². The van der Waals surface area contributed by atoms with Gasteiger partial charge in [-0.1, -0.05) is 17.7 Å². The molecule has 0 radical (unpaired) electrons.